The first-order valence-electron chi connectivity index (χ1n) is 7.39. The molecule has 1 N–H and O–H groups in total. The minimum Gasteiger partial charge on any atom is -0.351 e. The molecule has 4 rings (SSSR count). The molecule has 0 aliphatic carbocycles. The second-order valence-electron chi connectivity index (χ2n) is 5.44. The molecule has 0 aliphatic rings. The van der Waals surface area contributed by atoms with Crippen LogP contribution in [0.2, 0.25) is 5.02 Å². The average Bonchev–Trinajstić information content (AvgIpc) is 2.99. The number of aryl methyl sites for hydroxylation is 1. The summed E-state index contributed by atoms with van der Waals surface area (Å²) < 4.78 is 0. The van der Waals surface area contributed by atoms with Crippen LogP contribution in [-0.4, -0.2) is 15.0 Å². The van der Waals surface area contributed by atoms with Gasteiger partial charge in [-0.3, -0.25) is 0 Å². The zero-order chi connectivity index (χ0) is 15.8. The van der Waals surface area contributed by atoms with Crippen molar-refractivity contribution < 1.29 is 0 Å². The van der Waals surface area contributed by atoms with Gasteiger partial charge in [0, 0.05) is 16.3 Å². The normalized spacial score (nSPS) is 11.0. The van der Waals surface area contributed by atoms with Gasteiger partial charge in [0.15, 0.2) is 0 Å². The lowest BCUT2D eigenvalue weighted by Gasteiger charge is -2.04. The van der Waals surface area contributed by atoms with Crippen LogP contribution in [0.3, 0.4) is 0 Å². The highest BCUT2D eigenvalue weighted by atomic mass is 35.5. The SMILES string of the molecule is Cc1nc(-c2ccc(Cl)cc2)c2[nH]c(-c3ccccc3)cc2n1. The van der Waals surface area contributed by atoms with E-state index in [-0.39, 0.29) is 0 Å². The summed E-state index contributed by atoms with van der Waals surface area (Å²) in [6.45, 7) is 1.91. The molecule has 112 valence electrons. The molecule has 0 amide bonds. The predicted molar refractivity (Wildman–Crippen MR) is 94.5 cm³/mol. The Labute approximate surface area is 139 Å². The van der Waals surface area contributed by atoms with Gasteiger partial charge in [-0.1, -0.05) is 54.1 Å². The highest BCUT2D eigenvalue weighted by Crippen LogP contribution is 2.30. The van der Waals surface area contributed by atoms with Crippen LogP contribution < -0.4 is 0 Å². The van der Waals surface area contributed by atoms with Crippen molar-refractivity contribution in [3.8, 4) is 22.5 Å². The minimum atomic E-state index is 0.715. The second-order valence-corrected chi connectivity index (χ2v) is 5.87. The number of hydrogen-bond acceptors (Lipinski definition) is 2. The zero-order valence-electron chi connectivity index (χ0n) is 12.5. The Kier molecular flexibility index (Phi) is 3.36. The third kappa shape index (κ3) is 2.60. The number of fused-ring (bicyclic) bond motifs is 1. The Morgan fingerprint density at radius 3 is 2.35 bits per heavy atom. The molecule has 0 aliphatic heterocycles. The standard InChI is InChI=1S/C19H14ClN3/c1-12-21-17-11-16(13-5-3-2-4-6-13)23-19(17)18(22-12)14-7-9-15(20)10-8-14/h2-11,23H,1H3. The number of aromatic amines is 1. The Hall–Kier alpha value is -2.65. The van der Waals surface area contributed by atoms with Crippen molar-refractivity contribution in [2.45, 2.75) is 6.92 Å². The van der Waals surface area contributed by atoms with Gasteiger partial charge in [-0.15, -0.1) is 0 Å². The Morgan fingerprint density at radius 2 is 1.61 bits per heavy atom. The maximum absolute atomic E-state index is 5.99. The number of nitrogens with zero attached hydrogens (tertiary/aromatic N) is 2. The highest BCUT2D eigenvalue weighted by molar-refractivity contribution is 6.30. The molecule has 0 saturated heterocycles. The molecule has 0 radical (unpaired) electrons. The van der Waals surface area contributed by atoms with Gasteiger partial charge >= 0.3 is 0 Å². The van der Waals surface area contributed by atoms with Gasteiger partial charge in [-0.2, -0.15) is 0 Å². The third-order valence-corrected chi connectivity index (χ3v) is 4.04. The molecule has 2 aromatic carbocycles. The molecule has 3 nitrogen and oxygen atoms in total. The van der Waals surface area contributed by atoms with E-state index >= 15 is 0 Å². The first-order chi connectivity index (χ1) is 11.2. The van der Waals surface area contributed by atoms with Crippen LogP contribution in [0.5, 0.6) is 0 Å². The molecule has 2 heterocycles. The third-order valence-electron chi connectivity index (χ3n) is 3.79. The fraction of sp³-hybridized carbons (Fsp3) is 0.0526. The first kappa shape index (κ1) is 14.0. The van der Waals surface area contributed by atoms with Crippen LogP contribution in [0.15, 0.2) is 60.7 Å². The fourth-order valence-corrected chi connectivity index (χ4v) is 2.85. The maximum Gasteiger partial charge on any atom is 0.126 e. The van der Waals surface area contributed by atoms with Gasteiger partial charge in [-0.25, -0.2) is 9.97 Å². The summed E-state index contributed by atoms with van der Waals surface area (Å²) in [5, 5.41) is 0.715. The van der Waals surface area contributed by atoms with E-state index in [1.807, 2.05) is 49.4 Å². The number of nitrogens with one attached hydrogen (secondary N) is 1. The van der Waals surface area contributed by atoms with Crippen molar-refractivity contribution >= 4 is 22.6 Å². The van der Waals surface area contributed by atoms with E-state index in [9.17, 15) is 0 Å². The number of halogens is 1. The Morgan fingerprint density at radius 1 is 0.870 bits per heavy atom. The number of benzene rings is 2. The molecule has 0 unspecified atom stereocenters. The molecule has 0 bridgehead atoms. The van der Waals surface area contributed by atoms with Gasteiger partial charge < -0.3 is 4.98 Å². The summed E-state index contributed by atoms with van der Waals surface area (Å²) in [6, 6.07) is 20.0. The van der Waals surface area contributed by atoms with Crippen LogP contribution in [0.4, 0.5) is 0 Å². The molecule has 0 fully saturated rings. The van der Waals surface area contributed by atoms with E-state index < -0.39 is 0 Å². The predicted octanol–water partition coefficient (Wildman–Crippen LogP) is 5.25. The quantitative estimate of drug-likeness (QED) is 0.548. The number of H-pyrrole nitrogens is 1. The summed E-state index contributed by atoms with van der Waals surface area (Å²) in [6.07, 6.45) is 0. The lowest BCUT2D eigenvalue weighted by molar-refractivity contribution is 1.09. The van der Waals surface area contributed by atoms with Crippen molar-refractivity contribution in [1.82, 2.24) is 15.0 Å². The molecule has 0 spiro atoms. The topological polar surface area (TPSA) is 41.6 Å². The average molecular weight is 320 g/mol. The van der Waals surface area contributed by atoms with E-state index in [1.54, 1.807) is 0 Å². The van der Waals surface area contributed by atoms with Crippen LogP contribution in [0.25, 0.3) is 33.5 Å². The first-order valence-corrected chi connectivity index (χ1v) is 7.77. The molecular formula is C19H14ClN3. The number of aromatic nitrogens is 3. The summed E-state index contributed by atoms with van der Waals surface area (Å²) in [4.78, 5) is 12.6. The minimum absolute atomic E-state index is 0.715. The van der Waals surface area contributed by atoms with Gasteiger partial charge in [0.05, 0.1) is 16.7 Å². The van der Waals surface area contributed by atoms with E-state index in [2.05, 4.69) is 33.2 Å². The smallest absolute Gasteiger partial charge is 0.126 e. The van der Waals surface area contributed by atoms with Crippen LogP contribution >= 0.6 is 11.6 Å². The number of rotatable bonds is 2. The largest absolute Gasteiger partial charge is 0.351 e. The van der Waals surface area contributed by atoms with E-state index in [0.29, 0.717) is 5.02 Å². The van der Waals surface area contributed by atoms with Crippen molar-refractivity contribution in [3.63, 3.8) is 0 Å². The van der Waals surface area contributed by atoms with E-state index in [1.165, 1.54) is 0 Å². The highest BCUT2D eigenvalue weighted by Gasteiger charge is 2.12. The van der Waals surface area contributed by atoms with Gasteiger partial charge in [0.25, 0.3) is 0 Å². The molecule has 0 saturated carbocycles. The second kappa shape index (κ2) is 5.52. The van der Waals surface area contributed by atoms with Crippen LogP contribution in [-0.2, 0) is 0 Å². The molecule has 2 aromatic heterocycles. The van der Waals surface area contributed by atoms with Crippen LogP contribution in [0, 0.1) is 6.92 Å². The van der Waals surface area contributed by atoms with E-state index in [0.717, 1.165) is 39.4 Å². The zero-order valence-corrected chi connectivity index (χ0v) is 13.3. The summed E-state index contributed by atoms with van der Waals surface area (Å²) in [7, 11) is 0. The lowest BCUT2D eigenvalue weighted by atomic mass is 10.1. The number of hydrogen-bond donors (Lipinski definition) is 1. The van der Waals surface area contributed by atoms with Crippen molar-refractivity contribution in [2.24, 2.45) is 0 Å². The lowest BCUT2D eigenvalue weighted by Crippen LogP contribution is -1.92. The van der Waals surface area contributed by atoms with Crippen molar-refractivity contribution in [3.05, 3.63) is 71.5 Å². The fourth-order valence-electron chi connectivity index (χ4n) is 2.72. The summed E-state index contributed by atoms with van der Waals surface area (Å²) >= 11 is 5.99. The molecule has 4 aromatic rings. The monoisotopic (exact) mass is 319 g/mol. The molecular weight excluding hydrogens is 306 g/mol. The van der Waals surface area contributed by atoms with Gasteiger partial charge in [0.1, 0.15) is 5.82 Å². The van der Waals surface area contributed by atoms with Crippen LogP contribution in [0.1, 0.15) is 5.82 Å². The summed E-state index contributed by atoms with van der Waals surface area (Å²) in [5.41, 5.74) is 5.94. The maximum atomic E-state index is 5.99. The van der Waals surface area contributed by atoms with Gasteiger partial charge in [0.2, 0.25) is 0 Å². The van der Waals surface area contributed by atoms with Crippen molar-refractivity contribution in [1.29, 1.82) is 0 Å². The molecule has 4 heteroatoms. The summed E-state index contributed by atoms with van der Waals surface area (Å²) in [5.74, 6) is 0.751. The van der Waals surface area contributed by atoms with E-state index in [4.69, 9.17) is 11.6 Å². The van der Waals surface area contributed by atoms with Crippen molar-refractivity contribution in [2.75, 3.05) is 0 Å². The van der Waals surface area contributed by atoms with Gasteiger partial charge in [-0.05, 0) is 30.7 Å². The molecule has 23 heavy (non-hydrogen) atoms. The Balaban J connectivity index is 1.94. The molecule has 0 atom stereocenters. The Bertz CT molecular complexity index is 973.